The fourth-order valence-electron chi connectivity index (χ4n) is 1.66. The Balaban J connectivity index is 0.000000829. The summed E-state index contributed by atoms with van der Waals surface area (Å²) in [7, 11) is 2.50. The summed E-state index contributed by atoms with van der Waals surface area (Å²) in [6.07, 6.45) is 0.997. The van der Waals surface area contributed by atoms with Gasteiger partial charge in [0.2, 0.25) is 0 Å². The molecular formula is C18H28NP. The van der Waals surface area contributed by atoms with Gasteiger partial charge in [-0.25, -0.2) is 0 Å². The van der Waals surface area contributed by atoms with Gasteiger partial charge in [-0.2, -0.15) is 0 Å². The van der Waals surface area contributed by atoms with Crippen LogP contribution >= 0.6 is 9.39 Å². The van der Waals surface area contributed by atoms with Crippen LogP contribution in [0.4, 0.5) is 5.69 Å². The molecule has 0 fully saturated rings. The highest BCUT2D eigenvalue weighted by molar-refractivity contribution is 7.18. The summed E-state index contributed by atoms with van der Waals surface area (Å²) < 4.78 is 0. The first-order chi connectivity index (χ1) is 9.78. The molecule has 0 heterocycles. The van der Waals surface area contributed by atoms with E-state index in [1.165, 1.54) is 16.7 Å². The van der Waals surface area contributed by atoms with Crippen molar-refractivity contribution in [1.82, 2.24) is 0 Å². The van der Waals surface area contributed by atoms with Crippen molar-refractivity contribution in [3.8, 4) is 0 Å². The predicted octanol–water partition coefficient (Wildman–Crippen LogP) is 5.84. The van der Waals surface area contributed by atoms with E-state index in [0.29, 0.717) is 0 Å². The maximum atomic E-state index is 3.04. The van der Waals surface area contributed by atoms with E-state index in [4.69, 9.17) is 0 Å². The van der Waals surface area contributed by atoms with E-state index < -0.39 is 0 Å². The summed E-state index contributed by atoms with van der Waals surface area (Å²) in [6.45, 7) is 10.1. The molecule has 0 amide bonds. The summed E-state index contributed by atoms with van der Waals surface area (Å²) in [5.41, 5.74) is 5.13. The van der Waals surface area contributed by atoms with E-state index in [9.17, 15) is 0 Å². The first-order valence-corrected chi connectivity index (χ1v) is 7.97. The van der Waals surface area contributed by atoms with Crippen molar-refractivity contribution in [2.45, 2.75) is 41.0 Å². The number of anilines is 1. The van der Waals surface area contributed by atoms with Crippen LogP contribution in [0.25, 0.3) is 0 Å². The minimum absolute atomic E-state index is 0.997. The van der Waals surface area contributed by atoms with Gasteiger partial charge in [0.25, 0.3) is 0 Å². The molecule has 1 unspecified atom stereocenters. The lowest BCUT2D eigenvalue weighted by Crippen LogP contribution is -1.88. The summed E-state index contributed by atoms with van der Waals surface area (Å²) in [5, 5.41) is 3.04. The third kappa shape index (κ3) is 6.73. The highest BCUT2D eigenvalue weighted by Gasteiger charge is 1.96. The zero-order valence-electron chi connectivity index (χ0n) is 13.4. The van der Waals surface area contributed by atoms with Gasteiger partial charge in [-0.15, -0.1) is 0 Å². The van der Waals surface area contributed by atoms with E-state index in [0.717, 1.165) is 12.1 Å². The lowest BCUT2D eigenvalue weighted by Gasteiger charge is -2.04. The molecule has 0 aromatic heterocycles. The monoisotopic (exact) mass is 289 g/mol. The van der Waals surface area contributed by atoms with Crippen molar-refractivity contribution in [3.05, 3.63) is 65.2 Å². The molecule has 20 heavy (non-hydrogen) atoms. The van der Waals surface area contributed by atoms with Crippen LogP contribution in [-0.4, -0.2) is 0 Å². The standard InChI is InChI=1S/C14H16NP.2C2H6/c1-11-2-4-12(5-3-11)10-13-6-8-14(15-16)9-7-13;2*1-2/h2-9,15H,10,16H2,1H3;2*1-2H3. The number of hydrogen-bond acceptors (Lipinski definition) is 1. The normalized spacial score (nSPS) is 8.70. The van der Waals surface area contributed by atoms with Crippen LogP contribution in [0.3, 0.4) is 0 Å². The van der Waals surface area contributed by atoms with Crippen molar-refractivity contribution in [2.24, 2.45) is 0 Å². The third-order valence-electron chi connectivity index (χ3n) is 2.65. The number of rotatable bonds is 3. The van der Waals surface area contributed by atoms with E-state index in [1.807, 2.05) is 27.7 Å². The molecule has 0 aliphatic heterocycles. The SMILES string of the molecule is CC.CC.Cc1ccc(Cc2ccc(NP)cc2)cc1. The zero-order valence-corrected chi connectivity index (χ0v) is 14.6. The van der Waals surface area contributed by atoms with Crippen LogP contribution in [0, 0.1) is 6.92 Å². The Morgan fingerprint density at radius 3 is 1.55 bits per heavy atom. The first kappa shape index (κ1) is 18.7. The van der Waals surface area contributed by atoms with Gasteiger partial charge < -0.3 is 5.09 Å². The number of hydrogen-bond donors (Lipinski definition) is 1. The molecule has 0 radical (unpaired) electrons. The molecule has 0 bridgehead atoms. The molecule has 2 aromatic rings. The number of aryl methyl sites for hydroxylation is 1. The predicted molar refractivity (Wildman–Crippen MR) is 96.5 cm³/mol. The first-order valence-electron chi connectivity index (χ1n) is 7.39. The lowest BCUT2D eigenvalue weighted by atomic mass is 10.0. The smallest absolute Gasteiger partial charge is 0.0368 e. The van der Waals surface area contributed by atoms with Gasteiger partial charge >= 0.3 is 0 Å². The molecule has 0 spiro atoms. The Bertz CT molecular complexity index is 446. The van der Waals surface area contributed by atoms with Crippen molar-refractivity contribution in [3.63, 3.8) is 0 Å². The number of benzene rings is 2. The van der Waals surface area contributed by atoms with Gasteiger partial charge in [0.15, 0.2) is 0 Å². The van der Waals surface area contributed by atoms with E-state index in [1.54, 1.807) is 0 Å². The Morgan fingerprint density at radius 2 is 1.15 bits per heavy atom. The molecule has 1 atom stereocenters. The van der Waals surface area contributed by atoms with Crippen LogP contribution in [0.2, 0.25) is 0 Å². The summed E-state index contributed by atoms with van der Waals surface area (Å²) >= 11 is 0. The Kier molecular flexibility index (Phi) is 10.7. The fraction of sp³-hybridized carbons (Fsp3) is 0.333. The van der Waals surface area contributed by atoms with Gasteiger partial charge in [-0.3, -0.25) is 0 Å². The van der Waals surface area contributed by atoms with Gasteiger partial charge in [0.1, 0.15) is 0 Å². The molecule has 1 N–H and O–H groups in total. The van der Waals surface area contributed by atoms with Gasteiger partial charge in [0.05, 0.1) is 0 Å². The van der Waals surface area contributed by atoms with Crippen LogP contribution < -0.4 is 5.09 Å². The molecule has 2 rings (SSSR count). The third-order valence-corrected chi connectivity index (χ3v) is 2.98. The maximum absolute atomic E-state index is 3.04. The lowest BCUT2D eigenvalue weighted by molar-refractivity contribution is 1.19. The molecule has 110 valence electrons. The summed E-state index contributed by atoms with van der Waals surface area (Å²) in [5.74, 6) is 0. The average molecular weight is 289 g/mol. The molecular weight excluding hydrogens is 261 g/mol. The second-order valence-electron chi connectivity index (χ2n) is 4.00. The minimum Gasteiger partial charge on any atom is -0.369 e. The zero-order chi connectivity index (χ0) is 15.4. The molecule has 1 nitrogen and oxygen atoms in total. The Hall–Kier alpha value is -1.33. The van der Waals surface area contributed by atoms with Crippen LogP contribution in [0.15, 0.2) is 48.5 Å². The number of nitrogens with one attached hydrogen (secondary N) is 1. The molecule has 0 aliphatic carbocycles. The van der Waals surface area contributed by atoms with E-state index in [-0.39, 0.29) is 0 Å². The van der Waals surface area contributed by atoms with Gasteiger partial charge in [-0.1, -0.05) is 69.7 Å². The molecule has 2 aromatic carbocycles. The van der Waals surface area contributed by atoms with Crippen LogP contribution in [0.5, 0.6) is 0 Å². The second-order valence-corrected chi connectivity index (χ2v) is 4.29. The van der Waals surface area contributed by atoms with Crippen molar-refractivity contribution in [2.75, 3.05) is 5.09 Å². The van der Waals surface area contributed by atoms with Gasteiger partial charge in [-0.05, 0) is 46.0 Å². The largest absolute Gasteiger partial charge is 0.369 e. The average Bonchev–Trinajstić information content (AvgIpc) is 2.54. The molecule has 0 saturated carbocycles. The summed E-state index contributed by atoms with van der Waals surface area (Å²) in [4.78, 5) is 0. The van der Waals surface area contributed by atoms with E-state index in [2.05, 4.69) is 69.9 Å². The molecule has 0 saturated heterocycles. The fourth-order valence-corrected chi connectivity index (χ4v) is 1.85. The Morgan fingerprint density at radius 1 is 0.750 bits per heavy atom. The summed E-state index contributed by atoms with van der Waals surface area (Å²) in [6, 6.07) is 17.2. The minimum atomic E-state index is 0.997. The van der Waals surface area contributed by atoms with Crippen molar-refractivity contribution >= 4 is 15.1 Å². The highest BCUT2D eigenvalue weighted by Crippen LogP contribution is 2.14. The quantitative estimate of drug-likeness (QED) is 0.700. The maximum Gasteiger partial charge on any atom is 0.0368 e. The van der Waals surface area contributed by atoms with Crippen LogP contribution in [0.1, 0.15) is 44.4 Å². The topological polar surface area (TPSA) is 12.0 Å². The second kappa shape index (κ2) is 11.5. The van der Waals surface area contributed by atoms with Gasteiger partial charge in [0, 0.05) is 5.69 Å². The van der Waals surface area contributed by atoms with E-state index >= 15 is 0 Å². The Labute approximate surface area is 127 Å². The molecule has 0 aliphatic rings. The van der Waals surface area contributed by atoms with Crippen LogP contribution in [-0.2, 0) is 6.42 Å². The van der Waals surface area contributed by atoms with Crippen molar-refractivity contribution in [1.29, 1.82) is 0 Å². The molecule has 2 heteroatoms. The highest BCUT2D eigenvalue weighted by atomic mass is 31.0. The van der Waals surface area contributed by atoms with Crippen molar-refractivity contribution < 1.29 is 0 Å².